The third-order valence-corrected chi connectivity index (χ3v) is 5.45. The Morgan fingerprint density at radius 1 is 1.22 bits per heavy atom. The molecule has 2 heterocycles. The lowest BCUT2D eigenvalue weighted by Crippen LogP contribution is -2.42. The molecule has 1 atom stereocenters. The van der Waals surface area contributed by atoms with Gasteiger partial charge in [0.1, 0.15) is 0 Å². The lowest BCUT2D eigenvalue weighted by molar-refractivity contribution is -0.123. The number of nitrogens with zero attached hydrogens (tertiary/aromatic N) is 1. The average molecular weight is 328 g/mol. The maximum atomic E-state index is 12.5. The smallest absolute Gasteiger partial charge is 0.234 e. The molecule has 1 amide bonds. The van der Waals surface area contributed by atoms with Crippen molar-refractivity contribution in [1.29, 1.82) is 0 Å². The SMILES string of the molecule is CC1CCN(CC(=O)NC(c2ccccc2)c2cccs2)CC1. The maximum absolute atomic E-state index is 12.5. The number of carbonyl (C=O) groups is 1. The number of piperidine rings is 1. The van der Waals surface area contributed by atoms with Crippen LogP contribution in [0.25, 0.3) is 0 Å². The van der Waals surface area contributed by atoms with Crippen LogP contribution in [0.4, 0.5) is 0 Å². The molecule has 0 spiro atoms. The van der Waals surface area contributed by atoms with Crippen molar-refractivity contribution in [1.82, 2.24) is 10.2 Å². The Morgan fingerprint density at radius 3 is 2.61 bits per heavy atom. The van der Waals surface area contributed by atoms with Gasteiger partial charge in [-0.1, -0.05) is 43.3 Å². The van der Waals surface area contributed by atoms with Crippen molar-refractivity contribution >= 4 is 17.2 Å². The number of hydrogen-bond acceptors (Lipinski definition) is 3. The van der Waals surface area contributed by atoms with Gasteiger partial charge in [-0.2, -0.15) is 0 Å². The quantitative estimate of drug-likeness (QED) is 0.908. The van der Waals surface area contributed by atoms with E-state index in [0.29, 0.717) is 6.54 Å². The lowest BCUT2D eigenvalue weighted by atomic mass is 9.99. The molecular formula is C19H24N2OS. The fraction of sp³-hybridized carbons (Fsp3) is 0.421. The normalized spacial score (nSPS) is 17.8. The highest BCUT2D eigenvalue weighted by Crippen LogP contribution is 2.26. The average Bonchev–Trinajstić information content (AvgIpc) is 3.10. The minimum Gasteiger partial charge on any atom is -0.343 e. The molecule has 3 rings (SSSR count). The summed E-state index contributed by atoms with van der Waals surface area (Å²) in [6.45, 7) is 4.86. The van der Waals surface area contributed by atoms with Crippen molar-refractivity contribution < 1.29 is 4.79 Å². The Morgan fingerprint density at radius 2 is 1.96 bits per heavy atom. The number of amides is 1. The molecule has 3 nitrogen and oxygen atoms in total. The van der Waals surface area contributed by atoms with Crippen molar-refractivity contribution in [3.8, 4) is 0 Å². The van der Waals surface area contributed by atoms with Gasteiger partial charge in [0.25, 0.3) is 0 Å². The molecule has 122 valence electrons. The van der Waals surface area contributed by atoms with Gasteiger partial charge in [-0.15, -0.1) is 11.3 Å². The van der Waals surface area contributed by atoms with Crippen molar-refractivity contribution in [3.05, 3.63) is 58.3 Å². The van der Waals surface area contributed by atoms with Gasteiger partial charge in [-0.3, -0.25) is 9.69 Å². The third-order valence-electron chi connectivity index (χ3n) is 4.51. The second-order valence-corrected chi connectivity index (χ2v) is 7.36. The molecule has 2 aromatic rings. The van der Waals surface area contributed by atoms with E-state index in [1.165, 1.54) is 17.7 Å². The zero-order valence-corrected chi connectivity index (χ0v) is 14.4. The Hall–Kier alpha value is -1.65. The highest BCUT2D eigenvalue weighted by atomic mass is 32.1. The summed E-state index contributed by atoms with van der Waals surface area (Å²) in [6, 6.07) is 14.3. The molecule has 1 unspecified atom stereocenters. The van der Waals surface area contributed by atoms with Gasteiger partial charge in [-0.25, -0.2) is 0 Å². The van der Waals surface area contributed by atoms with Crippen LogP contribution < -0.4 is 5.32 Å². The topological polar surface area (TPSA) is 32.3 Å². The molecule has 0 bridgehead atoms. The fourth-order valence-corrected chi connectivity index (χ4v) is 3.85. The van der Waals surface area contributed by atoms with Crippen molar-refractivity contribution in [2.75, 3.05) is 19.6 Å². The Kier molecular flexibility index (Phi) is 5.47. The first kappa shape index (κ1) is 16.2. The predicted octanol–water partition coefficient (Wildman–Crippen LogP) is 3.69. The zero-order chi connectivity index (χ0) is 16.1. The zero-order valence-electron chi connectivity index (χ0n) is 13.6. The number of likely N-dealkylation sites (tertiary alicyclic amines) is 1. The van der Waals surface area contributed by atoms with Crippen LogP contribution in [0.15, 0.2) is 47.8 Å². The summed E-state index contributed by atoms with van der Waals surface area (Å²) in [6.07, 6.45) is 2.39. The third kappa shape index (κ3) is 4.43. The maximum Gasteiger partial charge on any atom is 0.234 e. The van der Waals surface area contributed by atoms with E-state index in [1.807, 2.05) is 24.3 Å². The Labute approximate surface area is 142 Å². The van der Waals surface area contributed by atoms with E-state index in [1.54, 1.807) is 11.3 Å². The fourth-order valence-electron chi connectivity index (χ4n) is 3.05. The van der Waals surface area contributed by atoms with E-state index in [4.69, 9.17) is 0 Å². The molecule has 1 saturated heterocycles. The van der Waals surface area contributed by atoms with Crippen molar-refractivity contribution in [3.63, 3.8) is 0 Å². The number of thiophene rings is 1. The number of nitrogens with one attached hydrogen (secondary N) is 1. The van der Waals surface area contributed by atoms with E-state index in [2.05, 4.69) is 40.7 Å². The Balaban J connectivity index is 1.65. The molecule has 1 aliphatic heterocycles. The molecule has 1 fully saturated rings. The summed E-state index contributed by atoms with van der Waals surface area (Å²) < 4.78 is 0. The number of carbonyl (C=O) groups excluding carboxylic acids is 1. The predicted molar refractivity (Wildman–Crippen MR) is 95.6 cm³/mol. The van der Waals surface area contributed by atoms with Gasteiger partial charge < -0.3 is 5.32 Å². The standard InChI is InChI=1S/C19H24N2OS/c1-15-9-11-21(12-10-15)14-18(22)20-19(17-8-5-13-23-17)16-6-3-2-4-7-16/h2-8,13,15,19H,9-12,14H2,1H3,(H,20,22). The van der Waals surface area contributed by atoms with Crippen LogP contribution in [-0.4, -0.2) is 30.4 Å². The minimum atomic E-state index is -0.0487. The number of hydrogen-bond donors (Lipinski definition) is 1. The molecule has 23 heavy (non-hydrogen) atoms. The van der Waals surface area contributed by atoms with Gasteiger partial charge in [0.2, 0.25) is 5.91 Å². The molecule has 0 saturated carbocycles. The van der Waals surface area contributed by atoms with Crippen LogP contribution in [0, 0.1) is 5.92 Å². The first-order valence-corrected chi connectivity index (χ1v) is 9.20. The number of benzene rings is 1. The van der Waals surface area contributed by atoms with E-state index < -0.39 is 0 Å². The summed E-state index contributed by atoms with van der Waals surface area (Å²) in [5, 5.41) is 5.28. The van der Waals surface area contributed by atoms with E-state index in [9.17, 15) is 4.79 Å². The van der Waals surface area contributed by atoms with Crippen LogP contribution in [-0.2, 0) is 4.79 Å². The molecule has 1 aliphatic rings. The largest absolute Gasteiger partial charge is 0.343 e. The van der Waals surface area contributed by atoms with Crippen LogP contribution >= 0.6 is 11.3 Å². The van der Waals surface area contributed by atoms with Crippen molar-refractivity contribution in [2.24, 2.45) is 5.92 Å². The first-order chi connectivity index (χ1) is 11.2. The highest BCUT2D eigenvalue weighted by molar-refractivity contribution is 7.10. The highest BCUT2D eigenvalue weighted by Gasteiger charge is 2.21. The monoisotopic (exact) mass is 328 g/mol. The van der Waals surface area contributed by atoms with E-state index in [-0.39, 0.29) is 11.9 Å². The van der Waals surface area contributed by atoms with Crippen LogP contribution in [0.3, 0.4) is 0 Å². The van der Waals surface area contributed by atoms with Gasteiger partial charge in [0, 0.05) is 4.88 Å². The molecule has 0 aliphatic carbocycles. The number of rotatable bonds is 5. The summed E-state index contributed by atoms with van der Waals surface area (Å²) in [4.78, 5) is 16.0. The van der Waals surface area contributed by atoms with Crippen LogP contribution in [0.2, 0.25) is 0 Å². The minimum absolute atomic E-state index is 0.0487. The lowest BCUT2D eigenvalue weighted by Gasteiger charge is -2.30. The van der Waals surface area contributed by atoms with Gasteiger partial charge in [0.05, 0.1) is 12.6 Å². The first-order valence-electron chi connectivity index (χ1n) is 8.32. The van der Waals surface area contributed by atoms with E-state index >= 15 is 0 Å². The Bertz CT molecular complexity index is 604. The molecular weight excluding hydrogens is 304 g/mol. The second kappa shape index (κ2) is 7.75. The molecule has 4 heteroatoms. The molecule has 1 aromatic heterocycles. The second-order valence-electron chi connectivity index (χ2n) is 6.39. The molecule has 1 N–H and O–H groups in total. The van der Waals surface area contributed by atoms with Crippen LogP contribution in [0.1, 0.15) is 36.2 Å². The summed E-state index contributed by atoms with van der Waals surface area (Å²) >= 11 is 1.69. The summed E-state index contributed by atoms with van der Waals surface area (Å²) in [7, 11) is 0. The van der Waals surface area contributed by atoms with Gasteiger partial charge in [-0.05, 0) is 48.9 Å². The molecule has 1 aromatic carbocycles. The molecule has 0 radical (unpaired) electrons. The van der Waals surface area contributed by atoms with Gasteiger partial charge >= 0.3 is 0 Å². The summed E-state index contributed by atoms with van der Waals surface area (Å²) in [5.74, 6) is 0.902. The van der Waals surface area contributed by atoms with Crippen molar-refractivity contribution in [2.45, 2.75) is 25.8 Å². The van der Waals surface area contributed by atoms with E-state index in [0.717, 1.165) is 24.6 Å². The summed E-state index contributed by atoms with van der Waals surface area (Å²) in [5.41, 5.74) is 1.13. The van der Waals surface area contributed by atoms with Crippen LogP contribution in [0.5, 0.6) is 0 Å². The van der Waals surface area contributed by atoms with Gasteiger partial charge in [0.15, 0.2) is 0 Å².